The highest BCUT2D eigenvalue weighted by atomic mass is 79.9. The number of halogens is 1. The van der Waals surface area contributed by atoms with Crippen LogP contribution in [0.4, 0.5) is 0 Å². The molecule has 0 aliphatic carbocycles. The van der Waals surface area contributed by atoms with Crippen LogP contribution in [0.3, 0.4) is 0 Å². The molecular weight excluding hydrogens is 422 g/mol. The number of amides is 1. The second-order valence-electron chi connectivity index (χ2n) is 6.72. The zero-order valence-electron chi connectivity index (χ0n) is 16.2. The number of aromatic nitrogens is 2. The molecule has 0 fully saturated rings. The minimum atomic E-state index is -0.275. The number of hydrogen-bond donors (Lipinski definition) is 1. The van der Waals surface area contributed by atoms with Crippen molar-refractivity contribution in [2.45, 2.75) is 46.4 Å². The normalized spacial score (nSPS) is 11.0. The molecule has 2 aromatic heterocycles. The Bertz CT molecular complexity index is 929. The van der Waals surface area contributed by atoms with E-state index < -0.39 is 0 Å². The molecule has 0 spiro atoms. The zero-order valence-corrected chi connectivity index (χ0v) is 17.8. The van der Waals surface area contributed by atoms with Gasteiger partial charge in [0.1, 0.15) is 18.1 Å². The number of carbonyl (C=O) groups excluding carboxylic acids is 1. The minimum absolute atomic E-state index is 0.257. The van der Waals surface area contributed by atoms with Crippen LogP contribution in [-0.4, -0.2) is 15.7 Å². The first-order valence-corrected chi connectivity index (χ1v) is 10.1. The third-order valence-corrected chi connectivity index (χ3v) is 5.09. The van der Waals surface area contributed by atoms with Gasteiger partial charge < -0.3 is 14.5 Å². The van der Waals surface area contributed by atoms with Crippen molar-refractivity contribution in [1.29, 1.82) is 0 Å². The molecule has 1 amide bonds. The summed E-state index contributed by atoms with van der Waals surface area (Å²) >= 11 is 3.45. The number of nitrogens with zero attached hydrogens (tertiary/aromatic N) is 2. The molecule has 0 unspecified atom stereocenters. The van der Waals surface area contributed by atoms with Gasteiger partial charge in [0.15, 0.2) is 5.76 Å². The van der Waals surface area contributed by atoms with Crippen LogP contribution < -0.4 is 10.1 Å². The van der Waals surface area contributed by atoms with E-state index in [1.807, 2.05) is 23.7 Å². The molecule has 28 heavy (non-hydrogen) atoms. The molecule has 0 aliphatic rings. The number of furan rings is 1. The molecule has 0 radical (unpaired) electrons. The van der Waals surface area contributed by atoms with E-state index in [-0.39, 0.29) is 18.3 Å². The number of nitrogens with one attached hydrogen (secondary N) is 1. The lowest BCUT2D eigenvalue weighted by Gasteiger charge is -2.08. The van der Waals surface area contributed by atoms with Gasteiger partial charge in [-0.05, 0) is 58.6 Å². The Balaban J connectivity index is 1.54. The third kappa shape index (κ3) is 4.84. The summed E-state index contributed by atoms with van der Waals surface area (Å²) in [5.74, 6) is 1.83. The second kappa shape index (κ2) is 9.10. The lowest BCUT2D eigenvalue weighted by molar-refractivity contribution is 0.0918. The first kappa shape index (κ1) is 20.2. The lowest BCUT2D eigenvalue weighted by atomic mass is 10.0. The van der Waals surface area contributed by atoms with E-state index in [0.29, 0.717) is 18.2 Å². The van der Waals surface area contributed by atoms with Gasteiger partial charge in [0.2, 0.25) is 0 Å². The molecule has 0 aliphatic heterocycles. The van der Waals surface area contributed by atoms with Gasteiger partial charge in [0.25, 0.3) is 5.91 Å². The zero-order chi connectivity index (χ0) is 20.1. The van der Waals surface area contributed by atoms with E-state index in [2.05, 4.69) is 52.3 Å². The lowest BCUT2D eigenvalue weighted by Crippen LogP contribution is -2.24. The highest BCUT2D eigenvalue weighted by Crippen LogP contribution is 2.20. The van der Waals surface area contributed by atoms with E-state index in [1.165, 1.54) is 5.56 Å². The SMILES string of the molecule is CCn1ncc(Br)c1CNC(=O)c1ccc(COc2ccc(C(C)C)cc2)o1. The molecule has 6 nitrogen and oxygen atoms in total. The van der Waals surface area contributed by atoms with Crippen LogP contribution in [0.2, 0.25) is 0 Å². The van der Waals surface area contributed by atoms with Crippen LogP contribution in [0.5, 0.6) is 5.75 Å². The average molecular weight is 446 g/mol. The maximum absolute atomic E-state index is 12.3. The summed E-state index contributed by atoms with van der Waals surface area (Å²) in [6.45, 7) is 7.67. The van der Waals surface area contributed by atoms with Gasteiger partial charge in [-0.25, -0.2) is 0 Å². The fourth-order valence-corrected chi connectivity index (χ4v) is 3.20. The number of hydrogen-bond acceptors (Lipinski definition) is 4. The molecule has 148 valence electrons. The van der Waals surface area contributed by atoms with Gasteiger partial charge in [0, 0.05) is 6.54 Å². The molecule has 1 N–H and O–H groups in total. The van der Waals surface area contributed by atoms with Crippen molar-refractivity contribution < 1.29 is 13.9 Å². The molecule has 3 rings (SSSR count). The first-order valence-electron chi connectivity index (χ1n) is 9.27. The van der Waals surface area contributed by atoms with Gasteiger partial charge in [0.05, 0.1) is 22.9 Å². The van der Waals surface area contributed by atoms with Crippen molar-refractivity contribution in [2.75, 3.05) is 0 Å². The molecule has 7 heteroatoms. The standard InChI is InChI=1S/C21H24BrN3O3/c1-4-25-19(18(22)11-24-25)12-23-21(26)20-10-9-17(28-20)13-27-16-7-5-15(6-8-16)14(2)3/h5-11,14H,4,12-13H2,1-3H3,(H,23,26). The van der Waals surface area contributed by atoms with Crippen molar-refractivity contribution in [1.82, 2.24) is 15.1 Å². The Kier molecular flexibility index (Phi) is 6.57. The van der Waals surface area contributed by atoms with E-state index in [4.69, 9.17) is 9.15 Å². The smallest absolute Gasteiger partial charge is 0.287 e. The fourth-order valence-electron chi connectivity index (χ4n) is 2.77. The maximum Gasteiger partial charge on any atom is 0.287 e. The summed E-state index contributed by atoms with van der Waals surface area (Å²) in [4.78, 5) is 12.3. The number of benzene rings is 1. The monoisotopic (exact) mass is 445 g/mol. The Morgan fingerprint density at radius 3 is 2.68 bits per heavy atom. The van der Waals surface area contributed by atoms with Crippen molar-refractivity contribution in [3.05, 3.63) is 69.8 Å². The largest absolute Gasteiger partial charge is 0.486 e. The number of aryl methyl sites for hydroxylation is 1. The summed E-state index contributed by atoms with van der Waals surface area (Å²) < 4.78 is 14.1. The number of rotatable bonds is 8. The summed E-state index contributed by atoms with van der Waals surface area (Å²) in [6, 6.07) is 11.4. The summed E-state index contributed by atoms with van der Waals surface area (Å²) in [5.41, 5.74) is 2.18. The molecule has 0 saturated heterocycles. The third-order valence-electron chi connectivity index (χ3n) is 4.43. The molecule has 0 bridgehead atoms. The Labute approximate surface area is 173 Å². The molecule has 0 saturated carbocycles. The minimum Gasteiger partial charge on any atom is -0.486 e. The Morgan fingerprint density at radius 1 is 1.25 bits per heavy atom. The highest BCUT2D eigenvalue weighted by Gasteiger charge is 2.14. The average Bonchev–Trinajstić information content (AvgIpc) is 3.31. The van der Waals surface area contributed by atoms with Crippen molar-refractivity contribution >= 4 is 21.8 Å². The van der Waals surface area contributed by atoms with Crippen LogP contribution >= 0.6 is 15.9 Å². The summed E-state index contributed by atoms with van der Waals surface area (Å²) in [6.07, 6.45) is 1.72. The van der Waals surface area contributed by atoms with Crippen molar-refractivity contribution in [3.63, 3.8) is 0 Å². The van der Waals surface area contributed by atoms with Crippen molar-refractivity contribution in [3.8, 4) is 5.75 Å². The van der Waals surface area contributed by atoms with Gasteiger partial charge in [-0.3, -0.25) is 9.48 Å². The van der Waals surface area contributed by atoms with Crippen LogP contribution in [0.15, 0.2) is 51.5 Å². The fraction of sp³-hybridized carbons (Fsp3) is 0.333. The van der Waals surface area contributed by atoms with E-state index in [9.17, 15) is 4.79 Å². The predicted octanol–water partition coefficient (Wildman–Crippen LogP) is 4.89. The first-order chi connectivity index (χ1) is 13.5. The Morgan fingerprint density at radius 2 is 2.00 bits per heavy atom. The molecule has 2 heterocycles. The van der Waals surface area contributed by atoms with Crippen molar-refractivity contribution in [2.24, 2.45) is 0 Å². The van der Waals surface area contributed by atoms with Crippen LogP contribution in [0.25, 0.3) is 0 Å². The van der Waals surface area contributed by atoms with E-state index >= 15 is 0 Å². The molecule has 0 atom stereocenters. The van der Waals surface area contributed by atoms with E-state index in [1.54, 1.807) is 18.3 Å². The van der Waals surface area contributed by atoms with Crippen LogP contribution in [-0.2, 0) is 19.7 Å². The Hall–Kier alpha value is -2.54. The quantitative estimate of drug-likeness (QED) is 0.535. The number of carbonyl (C=O) groups is 1. The van der Waals surface area contributed by atoms with Gasteiger partial charge in [-0.15, -0.1) is 0 Å². The predicted molar refractivity (Wildman–Crippen MR) is 110 cm³/mol. The molecule has 3 aromatic rings. The second-order valence-corrected chi connectivity index (χ2v) is 7.57. The highest BCUT2D eigenvalue weighted by molar-refractivity contribution is 9.10. The van der Waals surface area contributed by atoms with Crippen LogP contribution in [0, 0.1) is 0 Å². The summed E-state index contributed by atoms with van der Waals surface area (Å²) in [5, 5.41) is 7.09. The molecule has 1 aromatic carbocycles. The molecular formula is C21H24BrN3O3. The van der Waals surface area contributed by atoms with Crippen LogP contribution in [0.1, 0.15) is 54.3 Å². The van der Waals surface area contributed by atoms with Gasteiger partial charge in [-0.2, -0.15) is 5.10 Å². The van der Waals surface area contributed by atoms with Gasteiger partial charge in [-0.1, -0.05) is 26.0 Å². The summed E-state index contributed by atoms with van der Waals surface area (Å²) in [7, 11) is 0. The topological polar surface area (TPSA) is 69.3 Å². The van der Waals surface area contributed by atoms with E-state index in [0.717, 1.165) is 22.5 Å². The van der Waals surface area contributed by atoms with Gasteiger partial charge >= 0.3 is 0 Å². The number of ether oxygens (including phenoxy) is 1. The maximum atomic E-state index is 12.3.